The molecule has 20 heavy (non-hydrogen) atoms. The number of amides is 1. The van der Waals surface area contributed by atoms with Gasteiger partial charge >= 0.3 is 5.97 Å². The van der Waals surface area contributed by atoms with Crippen LogP contribution in [0.2, 0.25) is 0 Å². The van der Waals surface area contributed by atoms with E-state index >= 15 is 0 Å². The van der Waals surface area contributed by atoms with E-state index in [2.05, 4.69) is 6.07 Å². The molecule has 0 spiro atoms. The Morgan fingerprint density at radius 3 is 2.90 bits per heavy atom. The molecule has 1 aromatic carbocycles. The van der Waals surface area contributed by atoms with Gasteiger partial charge in [-0.05, 0) is 25.5 Å². The van der Waals surface area contributed by atoms with Crippen molar-refractivity contribution in [2.45, 2.75) is 24.8 Å². The summed E-state index contributed by atoms with van der Waals surface area (Å²) < 4.78 is 0. The molecule has 1 saturated heterocycles. The number of aliphatic carboxylic acids is 1. The average molecular weight is 311 g/mol. The molecule has 108 valence electrons. The van der Waals surface area contributed by atoms with Gasteiger partial charge in [0.25, 0.3) is 0 Å². The van der Waals surface area contributed by atoms with Crippen LogP contribution < -0.4 is 0 Å². The summed E-state index contributed by atoms with van der Waals surface area (Å²) in [7, 11) is 0. The molecule has 1 aliphatic rings. The predicted molar refractivity (Wildman–Crippen MR) is 82.2 cm³/mol. The molecule has 6 heteroatoms. The van der Waals surface area contributed by atoms with Gasteiger partial charge in [0, 0.05) is 10.6 Å². The first-order chi connectivity index (χ1) is 9.49. The second kappa shape index (κ2) is 6.54. The highest BCUT2D eigenvalue weighted by Crippen LogP contribution is 2.26. The molecule has 2 rings (SSSR count). The summed E-state index contributed by atoms with van der Waals surface area (Å²) in [5, 5.41) is 9.08. The van der Waals surface area contributed by atoms with E-state index in [0.717, 1.165) is 16.0 Å². The minimum absolute atomic E-state index is 0.103. The second-order valence-corrected chi connectivity index (χ2v) is 6.79. The zero-order valence-corrected chi connectivity index (χ0v) is 13.1. The van der Waals surface area contributed by atoms with Gasteiger partial charge in [0.2, 0.25) is 5.91 Å². The summed E-state index contributed by atoms with van der Waals surface area (Å²) in [5.41, 5.74) is 2.30. The molecule has 4 nitrogen and oxygen atoms in total. The zero-order valence-electron chi connectivity index (χ0n) is 11.5. The number of thioether (sulfide) groups is 2. The maximum Gasteiger partial charge on any atom is 0.327 e. The second-order valence-electron chi connectivity index (χ2n) is 4.78. The maximum absolute atomic E-state index is 12.2. The van der Waals surface area contributed by atoms with Crippen molar-refractivity contribution >= 4 is 35.4 Å². The van der Waals surface area contributed by atoms with Gasteiger partial charge in [0.1, 0.15) is 6.04 Å². The molecule has 0 bridgehead atoms. The molecular weight excluding hydrogens is 294 g/mol. The fourth-order valence-corrected chi connectivity index (χ4v) is 4.16. The van der Waals surface area contributed by atoms with E-state index in [4.69, 9.17) is 5.11 Å². The molecule has 0 unspecified atom stereocenters. The molecule has 1 aliphatic heterocycles. The molecule has 0 aromatic heterocycles. The minimum Gasteiger partial charge on any atom is -0.480 e. The standard InChI is InChI=1S/C14H17NO3S2/c1-9-3-4-10(2)12(5-9)20-7-13(16)15-8-19-6-11(15)14(17)18/h3-5,11H,6-8H2,1-2H3,(H,17,18)/t11-/m0/s1. The quantitative estimate of drug-likeness (QED) is 0.865. The van der Waals surface area contributed by atoms with E-state index < -0.39 is 12.0 Å². The zero-order chi connectivity index (χ0) is 14.7. The Bertz CT molecular complexity index is 533. The van der Waals surface area contributed by atoms with Crippen LogP contribution in [0.15, 0.2) is 23.1 Å². The summed E-state index contributed by atoms with van der Waals surface area (Å²) in [6.07, 6.45) is 0. The van der Waals surface area contributed by atoms with Crippen LogP contribution in [0.4, 0.5) is 0 Å². The monoisotopic (exact) mass is 311 g/mol. The first kappa shape index (κ1) is 15.3. The van der Waals surface area contributed by atoms with Crippen LogP contribution in [0, 0.1) is 13.8 Å². The van der Waals surface area contributed by atoms with Gasteiger partial charge in [0.15, 0.2) is 0 Å². The van der Waals surface area contributed by atoms with Crippen molar-refractivity contribution in [3.8, 4) is 0 Å². The molecule has 1 fully saturated rings. The fourth-order valence-electron chi connectivity index (χ4n) is 1.98. The van der Waals surface area contributed by atoms with Gasteiger partial charge in [-0.3, -0.25) is 4.79 Å². The summed E-state index contributed by atoms with van der Waals surface area (Å²) >= 11 is 2.97. The number of carboxylic acid groups (broad SMARTS) is 1. The van der Waals surface area contributed by atoms with Gasteiger partial charge < -0.3 is 10.0 Å². The van der Waals surface area contributed by atoms with E-state index in [1.54, 1.807) is 0 Å². The summed E-state index contributed by atoms with van der Waals surface area (Å²) in [4.78, 5) is 25.8. The van der Waals surface area contributed by atoms with Crippen LogP contribution in [0.5, 0.6) is 0 Å². The van der Waals surface area contributed by atoms with Gasteiger partial charge in [-0.15, -0.1) is 23.5 Å². The Balaban J connectivity index is 1.98. The average Bonchev–Trinajstić information content (AvgIpc) is 2.89. The number of carbonyl (C=O) groups excluding carboxylic acids is 1. The van der Waals surface area contributed by atoms with E-state index in [1.165, 1.54) is 28.4 Å². The normalized spacial score (nSPS) is 18.3. The largest absolute Gasteiger partial charge is 0.480 e. The molecule has 0 radical (unpaired) electrons. The van der Waals surface area contributed by atoms with E-state index in [0.29, 0.717) is 11.6 Å². The lowest BCUT2D eigenvalue weighted by atomic mass is 10.2. The topological polar surface area (TPSA) is 57.6 Å². The Morgan fingerprint density at radius 2 is 2.20 bits per heavy atom. The van der Waals surface area contributed by atoms with Crippen LogP contribution in [0.25, 0.3) is 0 Å². The van der Waals surface area contributed by atoms with Crippen molar-refractivity contribution in [2.24, 2.45) is 0 Å². The number of hydrogen-bond donors (Lipinski definition) is 1. The Morgan fingerprint density at radius 1 is 1.45 bits per heavy atom. The smallest absolute Gasteiger partial charge is 0.327 e. The molecule has 0 saturated carbocycles. The van der Waals surface area contributed by atoms with E-state index in [-0.39, 0.29) is 11.7 Å². The minimum atomic E-state index is -0.917. The highest BCUT2D eigenvalue weighted by Gasteiger charge is 2.34. The Kier molecular flexibility index (Phi) is 4.99. The SMILES string of the molecule is Cc1ccc(C)c(SCC(=O)N2CSC[C@H]2C(=O)O)c1. The van der Waals surface area contributed by atoms with Gasteiger partial charge in [-0.1, -0.05) is 17.7 Å². The number of nitrogens with zero attached hydrogens (tertiary/aromatic N) is 1. The molecule has 1 aromatic rings. The number of carboxylic acids is 1. The van der Waals surface area contributed by atoms with Crippen LogP contribution in [0.3, 0.4) is 0 Å². The number of carbonyl (C=O) groups is 2. The lowest BCUT2D eigenvalue weighted by molar-refractivity contribution is -0.146. The Labute approximate surface area is 126 Å². The molecule has 0 aliphatic carbocycles. The van der Waals surface area contributed by atoms with Crippen LogP contribution >= 0.6 is 23.5 Å². The van der Waals surface area contributed by atoms with Gasteiger partial charge in [-0.25, -0.2) is 4.79 Å². The molecule has 1 N–H and O–H groups in total. The predicted octanol–water partition coefficient (Wildman–Crippen LogP) is 2.38. The van der Waals surface area contributed by atoms with Crippen LogP contribution in [-0.4, -0.2) is 45.3 Å². The Hall–Kier alpha value is -1.14. The van der Waals surface area contributed by atoms with E-state index in [1.807, 2.05) is 26.0 Å². The molecule has 1 heterocycles. The summed E-state index contributed by atoms with van der Waals surface area (Å²) in [5.74, 6) is 0.223. The van der Waals surface area contributed by atoms with Crippen molar-refractivity contribution in [3.63, 3.8) is 0 Å². The van der Waals surface area contributed by atoms with Crippen molar-refractivity contribution in [2.75, 3.05) is 17.4 Å². The van der Waals surface area contributed by atoms with Crippen molar-refractivity contribution in [1.82, 2.24) is 4.90 Å². The number of hydrogen-bond acceptors (Lipinski definition) is 4. The lowest BCUT2D eigenvalue weighted by Gasteiger charge is -2.20. The van der Waals surface area contributed by atoms with Crippen molar-refractivity contribution < 1.29 is 14.7 Å². The van der Waals surface area contributed by atoms with Crippen molar-refractivity contribution in [3.05, 3.63) is 29.3 Å². The fraction of sp³-hybridized carbons (Fsp3) is 0.429. The highest BCUT2D eigenvalue weighted by molar-refractivity contribution is 8.00. The number of rotatable bonds is 4. The number of benzene rings is 1. The van der Waals surface area contributed by atoms with Crippen molar-refractivity contribution in [1.29, 1.82) is 0 Å². The van der Waals surface area contributed by atoms with Gasteiger partial charge in [0.05, 0.1) is 11.6 Å². The van der Waals surface area contributed by atoms with E-state index in [9.17, 15) is 9.59 Å². The first-order valence-electron chi connectivity index (χ1n) is 6.29. The summed E-state index contributed by atoms with van der Waals surface area (Å²) in [6.45, 7) is 4.03. The maximum atomic E-state index is 12.2. The highest BCUT2D eigenvalue weighted by atomic mass is 32.2. The van der Waals surface area contributed by atoms with Gasteiger partial charge in [-0.2, -0.15) is 0 Å². The van der Waals surface area contributed by atoms with Crippen LogP contribution in [-0.2, 0) is 9.59 Å². The third kappa shape index (κ3) is 3.49. The third-order valence-electron chi connectivity index (χ3n) is 3.18. The molecular formula is C14H17NO3S2. The first-order valence-corrected chi connectivity index (χ1v) is 8.43. The number of aryl methyl sites for hydroxylation is 2. The molecule has 1 atom stereocenters. The summed E-state index contributed by atoms with van der Waals surface area (Å²) in [6, 6.07) is 5.46. The lowest BCUT2D eigenvalue weighted by Crippen LogP contribution is -2.42. The molecule has 1 amide bonds. The third-order valence-corrected chi connectivity index (χ3v) is 5.34. The van der Waals surface area contributed by atoms with Crippen LogP contribution in [0.1, 0.15) is 11.1 Å².